The Labute approximate surface area is 314 Å². The summed E-state index contributed by atoms with van der Waals surface area (Å²) in [6.45, 7) is 2.67. The highest BCUT2D eigenvalue weighted by Gasteiger charge is 2.18. The first-order valence-corrected chi connectivity index (χ1v) is 19.3. The molecular weight excluding hydrogens is 691 g/mol. The zero-order valence-electron chi connectivity index (χ0n) is 29.9. The normalized spacial score (nSPS) is 11.3. The highest BCUT2D eigenvalue weighted by molar-refractivity contribution is 7.31. The van der Waals surface area contributed by atoms with E-state index in [0.29, 0.717) is 28.0 Å². The standard InChI is InChI=1S/C46H39N2O5P/c1-2-3-11-31-20-24-36(25-21-31)48-46(50)40-19-9-8-18-39(40)45(49)47-29-32-12-10-13-33(28-32)30-51-54-52-41-26-22-34-14-4-6-16-37(34)43(41)44-38-17-7-5-15-35(38)23-27-42(44)53-54/h4-10,12-28H,2-3,11,29-30H2,1H3,(H,47,49)(H,48,50). The molecule has 0 atom stereocenters. The van der Waals surface area contributed by atoms with Gasteiger partial charge < -0.3 is 19.0 Å². The number of fused-ring (bicyclic) bond motifs is 7. The number of hydrogen-bond donors (Lipinski definition) is 2. The number of carbonyl (C=O) groups excluding carboxylic acids is 2. The van der Waals surface area contributed by atoms with E-state index in [0.717, 1.165) is 62.7 Å². The van der Waals surface area contributed by atoms with Crippen molar-refractivity contribution in [2.24, 2.45) is 0 Å². The van der Waals surface area contributed by atoms with Gasteiger partial charge in [-0.3, -0.25) is 14.1 Å². The fourth-order valence-corrected chi connectivity index (χ4v) is 7.87. The average molecular weight is 731 g/mol. The molecule has 0 saturated carbocycles. The van der Waals surface area contributed by atoms with Crippen molar-refractivity contribution in [2.75, 3.05) is 5.32 Å². The fourth-order valence-electron chi connectivity index (χ4n) is 6.85. The lowest BCUT2D eigenvalue weighted by Crippen LogP contribution is -2.26. The molecule has 0 bridgehead atoms. The molecule has 0 saturated heterocycles. The van der Waals surface area contributed by atoms with Crippen LogP contribution in [0.25, 0.3) is 43.5 Å². The maximum Gasteiger partial charge on any atom is 0.387 e. The lowest BCUT2D eigenvalue weighted by molar-refractivity contribution is 0.0938. The van der Waals surface area contributed by atoms with Crippen LogP contribution in [-0.4, -0.2) is 11.8 Å². The molecule has 0 spiro atoms. The Kier molecular flexibility index (Phi) is 10.2. The van der Waals surface area contributed by atoms with Crippen LogP contribution in [0.4, 0.5) is 5.69 Å². The third-order valence-corrected chi connectivity index (χ3v) is 10.6. The number of anilines is 1. The van der Waals surface area contributed by atoms with Gasteiger partial charge in [0.15, 0.2) is 0 Å². The van der Waals surface area contributed by atoms with Crippen molar-refractivity contribution in [1.82, 2.24) is 5.32 Å². The fraction of sp³-hybridized carbons (Fsp3) is 0.130. The number of carbonyl (C=O) groups is 2. The summed E-state index contributed by atoms with van der Waals surface area (Å²) in [5.41, 5.74) is 5.74. The number of nitrogens with one attached hydrogen (secondary N) is 2. The van der Waals surface area contributed by atoms with Crippen LogP contribution in [0.5, 0.6) is 0 Å². The number of hydrogen-bond acceptors (Lipinski definition) is 5. The van der Waals surface area contributed by atoms with Gasteiger partial charge in [-0.15, -0.1) is 0 Å². The number of aryl methyl sites for hydroxylation is 1. The molecule has 1 heterocycles. The lowest BCUT2D eigenvalue weighted by Gasteiger charge is -2.12. The first-order chi connectivity index (χ1) is 26.5. The van der Waals surface area contributed by atoms with Gasteiger partial charge in [0, 0.05) is 23.0 Å². The maximum absolute atomic E-state index is 13.4. The maximum atomic E-state index is 13.4. The predicted molar refractivity (Wildman–Crippen MR) is 219 cm³/mol. The molecule has 0 unspecified atom stereocenters. The SMILES string of the molecule is CCCCc1ccc(NC(=O)c2ccccc2C(=O)NCc2cccc(COp3oc4ccc5ccccc5c4c4c(ccc5ccccc54)o3)c2)cc1. The smallest absolute Gasteiger partial charge is 0.387 e. The van der Waals surface area contributed by atoms with Gasteiger partial charge in [-0.05, 0) is 87.5 Å². The summed E-state index contributed by atoms with van der Waals surface area (Å²) in [6.07, 6.45) is 3.26. The minimum absolute atomic E-state index is 0.238. The quantitative estimate of drug-likeness (QED) is 0.138. The third-order valence-electron chi connectivity index (χ3n) is 9.61. The Hall–Kier alpha value is -6.14. The molecule has 268 valence electrons. The molecule has 2 N–H and O–H groups in total. The van der Waals surface area contributed by atoms with Gasteiger partial charge in [0.05, 0.1) is 17.7 Å². The molecule has 8 rings (SSSR count). The molecular formula is C46H39N2O5P. The molecule has 1 aromatic heterocycles. The van der Waals surface area contributed by atoms with Crippen LogP contribution in [0.3, 0.4) is 0 Å². The van der Waals surface area contributed by atoms with E-state index in [1.165, 1.54) is 5.56 Å². The molecule has 0 aliphatic rings. The zero-order chi connectivity index (χ0) is 36.9. The largest absolute Gasteiger partial charge is 0.399 e. The average Bonchev–Trinajstić information content (AvgIpc) is 3.39. The Morgan fingerprint density at radius 2 is 1.20 bits per heavy atom. The molecule has 7 aromatic carbocycles. The van der Waals surface area contributed by atoms with Crippen LogP contribution < -0.4 is 15.2 Å². The van der Waals surface area contributed by atoms with Gasteiger partial charge in [0.25, 0.3) is 11.8 Å². The molecule has 54 heavy (non-hydrogen) atoms. The molecule has 2 amide bonds. The van der Waals surface area contributed by atoms with Gasteiger partial charge >= 0.3 is 8.24 Å². The van der Waals surface area contributed by atoms with Crippen molar-refractivity contribution in [3.63, 3.8) is 0 Å². The molecule has 0 aliphatic carbocycles. The Bertz CT molecular complexity index is 2590. The second kappa shape index (κ2) is 15.8. The monoisotopic (exact) mass is 730 g/mol. The summed E-state index contributed by atoms with van der Waals surface area (Å²) in [4.78, 5) is 26.7. The van der Waals surface area contributed by atoms with Crippen molar-refractivity contribution in [3.05, 3.63) is 173 Å². The third kappa shape index (κ3) is 7.51. The molecule has 8 aromatic rings. The number of benzene rings is 7. The Balaban J connectivity index is 0.990. The molecule has 0 fully saturated rings. The van der Waals surface area contributed by atoms with Crippen LogP contribution in [0, 0.1) is 0 Å². The summed E-state index contributed by atoms with van der Waals surface area (Å²) in [5.74, 6) is -0.670. The van der Waals surface area contributed by atoms with E-state index >= 15 is 0 Å². The first-order valence-electron chi connectivity index (χ1n) is 18.2. The number of rotatable bonds is 11. The molecule has 8 heteroatoms. The molecule has 0 aliphatic heterocycles. The molecule has 7 nitrogen and oxygen atoms in total. The first kappa shape index (κ1) is 34.9. The van der Waals surface area contributed by atoms with Gasteiger partial charge in [-0.1, -0.05) is 123 Å². The van der Waals surface area contributed by atoms with Gasteiger partial charge in [-0.25, -0.2) is 0 Å². The second-order valence-corrected chi connectivity index (χ2v) is 14.4. The van der Waals surface area contributed by atoms with E-state index in [1.54, 1.807) is 24.3 Å². The van der Waals surface area contributed by atoms with E-state index < -0.39 is 8.24 Å². The topological polar surface area (TPSA) is 93.7 Å². The van der Waals surface area contributed by atoms with Crippen LogP contribution >= 0.6 is 8.24 Å². The Morgan fingerprint density at radius 3 is 1.85 bits per heavy atom. The zero-order valence-corrected chi connectivity index (χ0v) is 30.8. The van der Waals surface area contributed by atoms with Crippen molar-refractivity contribution in [2.45, 2.75) is 39.3 Å². The van der Waals surface area contributed by atoms with E-state index in [4.69, 9.17) is 12.9 Å². The van der Waals surface area contributed by atoms with Gasteiger partial charge in [0.1, 0.15) is 11.2 Å². The second-order valence-electron chi connectivity index (χ2n) is 13.3. The summed E-state index contributed by atoms with van der Waals surface area (Å²) < 4.78 is 19.3. The lowest BCUT2D eigenvalue weighted by atomic mass is 9.99. The minimum Gasteiger partial charge on any atom is -0.399 e. The summed E-state index contributed by atoms with van der Waals surface area (Å²) in [6, 6.07) is 47.2. The number of amides is 2. The predicted octanol–water partition coefficient (Wildman–Crippen LogP) is 11.8. The van der Waals surface area contributed by atoms with Gasteiger partial charge in [-0.2, -0.15) is 0 Å². The summed E-state index contributed by atoms with van der Waals surface area (Å²) >= 11 is 0. The van der Waals surface area contributed by atoms with Crippen molar-refractivity contribution in [3.8, 4) is 0 Å². The van der Waals surface area contributed by atoms with Gasteiger partial charge in [0.2, 0.25) is 0 Å². The van der Waals surface area contributed by atoms with E-state index in [1.807, 2.05) is 84.9 Å². The Morgan fingerprint density at radius 1 is 0.611 bits per heavy atom. The van der Waals surface area contributed by atoms with Crippen molar-refractivity contribution in [1.29, 1.82) is 0 Å². The van der Waals surface area contributed by atoms with E-state index in [2.05, 4.69) is 54.0 Å². The molecule has 0 radical (unpaired) electrons. The highest BCUT2D eigenvalue weighted by atomic mass is 31.1. The van der Waals surface area contributed by atoms with E-state index in [-0.39, 0.29) is 25.0 Å². The highest BCUT2D eigenvalue weighted by Crippen LogP contribution is 2.40. The van der Waals surface area contributed by atoms with Crippen LogP contribution in [0.2, 0.25) is 0 Å². The van der Waals surface area contributed by atoms with Crippen molar-refractivity contribution < 1.29 is 22.5 Å². The van der Waals surface area contributed by atoms with Crippen LogP contribution in [0.1, 0.15) is 57.2 Å². The number of unbranched alkanes of at least 4 members (excludes halogenated alkanes) is 1. The van der Waals surface area contributed by atoms with Crippen molar-refractivity contribution >= 4 is 69.2 Å². The summed E-state index contributed by atoms with van der Waals surface area (Å²) in [7, 11) is -1.80. The van der Waals surface area contributed by atoms with Crippen LogP contribution in [-0.2, 0) is 19.6 Å². The summed E-state index contributed by atoms with van der Waals surface area (Å²) in [5, 5.41) is 12.3. The minimum atomic E-state index is -1.80. The van der Waals surface area contributed by atoms with E-state index in [9.17, 15) is 9.59 Å². The van der Waals surface area contributed by atoms with Crippen LogP contribution in [0.15, 0.2) is 154 Å².